The monoisotopic (exact) mass is 379 g/mol. The molecule has 0 fully saturated rings. The highest BCUT2D eigenvalue weighted by molar-refractivity contribution is 5.84. The number of amides is 1. The fourth-order valence-corrected chi connectivity index (χ4v) is 2.94. The fraction of sp³-hybridized carbons (Fsp3) is 0.400. The fourth-order valence-electron chi connectivity index (χ4n) is 2.94. The molecule has 0 aliphatic rings. The second-order valence-corrected chi connectivity index (χ2v) is 6.42. The Morgan fingerprint density at radius 3 is 2.44 bits per heavy atom. The Hall–Kier alpha value is -2.70. The van der Waals surface area contributed by atoms with Gasteiger partial charge in [0.2, 0.25) is 5.91 Å². The van der Waals surface area contributed by atoms with Gasteiger partial charge in [-0.3, -0.25) is 9.59 Å². The molecule has 1 amide bonds. The maximum absolute atomic E-state index is 13.5. The van der Waals surface area contributed by atoms with E-state index in [1.807, 2.05) is 0 Å². The van der Waals surface area contributed by atoms with Crippen LogP contribution in [0, 0.1) is 25.5 Å². The number of nitrogens with zero attached hydrogens (tertiary/aromatic N) is 1. The SMILES string of the molecule is COC(=O)CCN(Cc1ccc(F)c(F)c1)C(=O)C(C)c1cc(C)oc1C. The molecule has 0 N–H and O–H groups in total. The van der Waals surface area contributed by atoms with Crippen molar-refractivity contribution in [3.05, 3.63) is 58.5 Å². The first-order valence-corrected chi connectivity index (χ1v) is 8.59. The zero-order valence-electron chi connectivity index (χ0n) is 15.8. The van der Waals surface area contributed by atoms with Crippen LogP contribution in [-0.4, -0.2) is 30.4 Å². The molecule has 1 atom stereocenters. The highest BCUT2D eigenvalue weighted by Crippen LogP contribution is 2.26. The first-order chi connectivity index (χ1) is 12.7. The molecule has 1 heterocycles. The van der Waals surface area contributed by atoms with Crippen LogP contribution in [0.5, 0.6) is 0 Å². The van der Waals surface area contributed by atoms with Gasteiger partial charge in [-0.15, -0.1) is 0 Å². The molecule has 2 rings (SSSR count). The lowest BCUT2D eigenvalue weighted by atomic mass is 9.99. The van der Waals surface area contributed by atoms with Crippen molar-refractivity contribution in [2.45, 2.75) is 39.7 Å². The van der Waals surface area contributed by atoms with Crippen molar-refractivity contribution < 1.29 is 27.5 Å². The van der Waals surface area contributed by atoms with E-state index in [1.165, 1.54) is 18.1 Å². The summed E-state index contributed by atoms with van der Waals surface area (Å²) in [5, 5.41) is 0. The molecule has 0 saturated carbocycles. The normalized spacial score (nSPS) is 11.9. The summed E-state index contributed by atoms with van der Waals surface area (Å²) in [5.41, 5.74) is 1.19. The van der Waals surface area contributed by atoms with E-state index in [0.29, 0.717) is 17.1 Å². The van der Waals surface area contributed by atoms with Gasteiger partial charge in [0.15, 0.2) is 11.6 Å². The van der Waals surface area contributed by atoms with Gasteiger partial charge in [-0.2, -0.15) is 0 Å². The van der Waals surface area contributed by atoms with Crippen LogP contribution in [0.2, 0.25) is 0 Å². The van der Waals surface area contributed by atoms with Crippen LogP contribution in [0.3, 0.4) is 0 Å². The van der Waals surface area contributed by atoms with Crippen molar-refractivity contribution in [1.29, 1.82) is 0 Å². The van der Waals surface area contributed by atoms with Crippen LogP contribution >= 0.6 is 0 Å². The molecule has 0 spiro atoms. The molecule has 27 heavy (non-hydrogen) atoms. The van der Waals surface area contributed by atoms with Crippen LogP contribution < -0.4 is 0 Å². The smallest absolute Gasteiger partial charge is 0.307 e. The van der Waals surface area contributed by atoms with Crippen LogP contribution in [0.15, 0.2) is 28.7 Å². The standard InChI is InChI=1S/C20H23F2NO4/c1-12-9-16(14(3)27-12)13(2)20(25)23(8-7-19(24)26-4)11-15-5-6-17(21)18(22)10-15/h5-6,9-10,13H,7-8,11H2,1-4H3. The number of carbonyl (C=O) groups excluding carboxylic acids is 2. The minimum atomic E-state index is -0.984. The van der Waals surface area contributed by atoms with Crippen molar-refractivity contribution >= 4 is 11.9 Å². The van der Waals surface area contributed by atoms with Crippen LogP contribution in [0.4, 0.5) is 8.78 Å². The Kier molecular flexibility index (Phi) is 6.71. The Bertz CT molecular complexity index is 831. The van der Waals surface area contributed by atoms with Gasteiger partial charge in [-0.1, -0.05) is 6.07 Å². The molecular formula is C20H23F2NO4. The number of hydrogen-bond donors (Lipinski definition) is 0. The predicted molar refractivity (Wildman–Crippen MR) is 95.0 cm³/mol. The maximum atomic E-state index is 13.5. The van der Waals surface area contributed by atoms with Crippen molar-refractivity contribution in [3.63, 3.8) is 0 Å². The molecule has 7 heteroatoms. The van der Waals surface area contributed by atoms with Crippen LogP contribution in [0.1, 0.15) is 41.9 Å². The zero-order chi connectivity index (χ0) is 20.1. The molecule has 1 aromatic heterocycles. The quantitative estimate of drug-likeness (QED) is 0.685. The number of halogens is 2. The number of carbonyl (C=O) groups is 2. The molecule has 146 valence electrons. The lowest BCUT2D eigenvalue weighted by molar-refractivity contribution is -0.142. The van der Waals surface area contributed by atoms with E-state index in [9.17, 15) is 18.4 Å². The third-order valence-electron chi connectivity index (χ3n) is 4.40. The summed E-state index contributed by atoms with van der Waals surface area (Å²) >= 11 is 0. The lowest BCUT2D eigenvalue weighted by Gasteiger charge is -2.25. The number of benzene rings is 1. The number of hydrogen-bond acceptors (Lipinski definition) is 4. The zero-order valence-corrected chi connectivity index (χ0v) is 15.8. The molecule has 1 aromatic carbocycles. The number of esters is 1. The molecule has 1 unspecified atom stereocenters. The second-order valence-electron chi connectivity index (χ2n) is 6.42. The second kappa shape index (κ2) is 8.79. The average Bonchev–Trinajstić information content (AvgIpc) is 2.98. The van der Waals surface area contributed by atoms with Gasteiger partial charge >= 0.3 is 5.97 Å². The van der Waals surface area contributed by atoms with Gasteiger partial charge in [0.25, 0.3) is 0 Å². The number of aryl methyl sites for hydroxylation is 2. The van der Waals surface area contributed by atoms with E-state index in [-0.39, 0.29) is 25.4 Å². The van der Waals surface area contributed by atoms with Gasteiger partial charge in [0.05, 0.1) is 19.4 Å². The topological polar surface area (TPSA) is 59.8 Å². The summed E-state index contributed by atoms with van der Waals surface area (Å²) in [4.78, 5) is 26.0. The highest BCUT2D eigenvalue weighted by Gasteiger charge is 2.26. The first kappa shape index (κ1) is 20.6. The molecule has 0 radical (unpaired) electrons. The Labute approximate surface area is 156 Å². The molecule has 0 saturated heterocycles. The molecular weight excluding hydrogens is 356 g/mol. The Morgan fingerprint density at radius 1 is 1.19 bits per heavy atom. The van der Waals surface area contributed by atoms with Crippen molar-refractivity contribution in [2.24, 2.45) is 0 Å². The van der Waals surface area contributed by atoms with E-state index in [2.05, 4.69) is 4.74 Å². The van der Waals surface area contributed by atoms with Crippen molar-refractivity contribution in [1.82, 2.24) is 4.90 Å². The highest BCUT2D eigenvalue weighted by atomic mass is 19.2. The van der Waals surface area contributed by atoms with Gasteiger partial charge in [-0.25, -0.2) is 8.78 Å². The van der Waals surface area contributed by atoms with Crippen molar-refractivity contribution in [2.75, 3.05) is 13.7 Å². The molecule has 0 aliphatic heterocycles. The third-order valence-corrected chi connectivity index (χ3v) is 4.40. The number of ether oxygens (including phenoxy) is 1. The number of rotatable bonds is 7. The van der Waals surface area contributed by atoms with Gasteiger partial charge in [-0.05, 0) is 44.5 Å². The first-order valence-electron chi connectivity index (χ1n) is 8.59. The van der Waals surface area contributed by atoms with Gasteiger partial charge < -0.3 is 14.1 Å². The molecule has 5 nitrogen and oxygen atoms in total. The van der Waals surface area contributed by atoms with Gasteiger partial charge in [0.1, 0.15) is 11.5 Å². The van der Waals surface area contributed by atoms with E-state index in [1.54, 1.807) is 26.8 Å². The number of furan rings is 1. The predicted octanol–water partition coefficient (Wildman–Crippen LogP) is 3.87. The molecule has 2 aromatic rings. The molecule has 0 aliphatic carbocycles. The van der Waals surface area contributed by atoms with Crippen molar-refractivity contribution in [3.8, 4) is 0 Å². The van der Waals surface area contributed by atoms with Crippen LogP contribution in [-0.2, 0) is 20.9 Å². The van der Waals surface area contributed by atoms with E-state index in [4.69, 9.17) is 4.42 Å². The largest absolute Gasteiger partial charge is 0.469 e. The summed E-state index contributed by atoms with van der Waals surface area (Å²) in [6.07, 6.45) is 0.00202. The van der Waals surface area contributed by atoms with E-state index >= 15 is 0 Å². The Morgan fingerprint density at radius 2 is 1.89 bits per heavy atom. The summed E-state index contributed by atoms with van der Waals surface area (Å²) in [5.74, 6) is -1.80. The molecule has 0 bridgehead atoms. The van der Waals surface area contributed by atoms with Crippen LogP contribution in [0.25, 0.3) is 0 Å². The summed E-state index contributed by atoms with van der Waals surface area (Å²) < 4.78 is 36.8. The van der Waals surface area contributed by atoms with E-state index in [0.717, 1.165) is 17.7 Å². The Balaban J connectivity index is 2.24. The minimum Gasteiger partial charge on any atom is -0.469 e. The van der Waals surface area contributed by atoms with Gasteiger partial charge in [0, 0.05) is 18.7 Å². The summed E-state index contributed by atoms with van der Waals surface area (Å²) in [6.45, 7) is 5.47. The summed E-state index contributed by atoms with van der Waals surface area (Å²) in [6, 6.07) is 5.27. The maximum Gasteiger partial charge on any atom is 0.307 e. The average molecular weight is 379 g/mol. The van der Waals surface area contributed by atoms with E-state index < -0.39 is 23.5 Å². The third kappa shape index (κ3) is 5.15. The number of methoxy groups -OCH3 is 1. The minimum absolute atomic E-state index is 0.00202. The summed E-state index contributed by atoms with van der Waals surface area (Å²) in [7, 11) is 1.27. The lowest BCUT2D eigenvalue weighted by Crippen LogP contribution is -2.35.